The molecule has 1 aliphatic rings. The van der Waals surface area contributed by atoms with E-state index in [4.69, 9.17) is 0 Å². The molecular weight excluding hydrogens is 375 g/mol. The Hall–Kier alpha value is -3.10. The number of piperidine rings is 1. The fraction of sp³-hybridized carbons (Fsp3) is 0.316. The maximum atomic E-state index is 13.2. The summed E-state index contributed by atoms with van der Waals surface area (Å²) in [5, 5.41) is 11.9. The molecule has 0 aliphatic carbocycles. The summed E-state index contributed by atoms with van der Waals surface area (Å²) in [5.74, 6) is -1.31. The number of amides is 2. The van der Waals surface area contributed by atoms with Crippen molar-refractivity contribution in [1.82, 2.24) is 15.2 Å². The molecule has 2 heterocycles. The number of nitrogens with one attached hydrogen (secondary N) is 1. The van der Waals surface area contributed by atoms with E-state index in [0.29, 0.717) is 0 Å². The zero-order chi connectivity index (χ0) is 20.3. The highest BCUT2D eigenvalue weighted by Gasteiger charge is 2.38. The van der Waals surface area contributed by atoms with Crippen LogP contribution in [-0.4, -0.2) is 46.1 Å². The van der Waals surface area contributed by atoms with Crippen LogP contribution in [0.4, 0.5) is 18.0 Å². The number of rotatable bonds is 3. The van der Waals surface area contributed by atoms with Crippen LogP contribution in [0.5, 0.6) is 0 Å². The number of carboxylic acid groups (broad SMARTS) is 1. The molecule has 1 aliphatic heterocycles. The Morgan fingerprint density at radius 1 is 1.14 bits per heavy atom. The third kappa shape index (κ3) is 4.24. The molecule has 2 N–H and O–H groups in total. The molecule has 148 valence electrons. The quantitative estimate of drug-likeness (QED) is 0.838. The smallest absolute Gasteiger partial charge is 0.418 e. The van der Waals surface area contributed by atoms with Gasteiger partial charge in [-0.2, -0.15) is 13.2 Å². The standard InChI is InChI=1S/C19H18F3N3O3/c20-19(21,22)14-7-4-9-23-16(14)17(26)24-15-8-10-25(18(27)28)11-13(15)12-5-2-1-3-6-12/h1-7,9,13,15H,8,10-11H2,(H,24,26)(H,27,28)/t13-,15-/m1/s1. The summed E-state index contributed by atoms with van der Waals surface area (Å²) in [6.45, 7) is 0.316. The van der Waals surface area contributed by atoms with E-state index >= 15 is 0 Å². The van der Waals surface area contributed by atoms with Crippen LogP contribution in [0.1, 0.15) is 34.0 Å². The summed E-state index contributed by atoms with van der Waals surface area (Å²) >= 11 is 0. The van der Waals surface area contributed by atoms with E-state index in [1.807, 2.05) is 0 Å². The Bertz CT molecular complexity index is 858. The second-order valence-corrected chi connectivity index (χ2v) is 6.51. The number of aromatic nitrogens is 1. The van der Waals surface area contributed by atoms with Crippen molar-refractivity contribution in [2.75, 3.05) is 13.1 Å². The first-order valence-electron chi connectivity index (χ1n) is 8.63. The molecule has 3 rings (SSSR count). The van der Waals surface area contributed by atoms with Gasteiger partial charge in [0.25, 0.3) is 5.91 Å². The first-order chi connectivity index (χ1) is 13.3. The number of nitrogens with zero attached hydrogens (tertiary/aromatic N) is 2. The normalized spacial score (nSPS) is 19.9. The molecule has 0 bridgehead atoms. The van der Waals surface area contributed by atoms with Crippen molar-refractivity contribution in [3.05, 3.63) is 65.5 Å². The summed E-state index contributed by atoms with van der Waals surface area (Å²) in [5.41, 5.74) is -0.995. The first-order valence-corrected chi connectivity index (χ1v) is 8.63. The topological polar surface area (TPSA) is 82.5 Å². The monoisotopic (exact) mass is 393 g/mol. The van der Waals surface area contributed by atoms with Crippen molar-refractivity contribution < 1.29 is 27.9 Å². The molecule has 1 aromatic heterocycles. The molecule has 2 atom stereocenters. The van der Waals surface area contributed by atoms with E-state index in [0.717, 1.165) is 23.9 Å². The SMILES string of the molecule is O=C(N[C@@H]1CCN(C(=O)O)C[C@@H]1c1ccccc1)c1ncccc1C(F)(F)F. The summed E-state index contributed by atoms with van der Waals surface area (Å²) in [7, 11) is 0. The summed E-state index contributed by atoms with van der Waals surface area (Å²) in [6, 6.07) is 10.4. The minimum Gasteiger partial charge on any atom is -0.465 e. The van der Waals surface area contributed by atoms with Crippen LogP contribution < -0.4 is 5.32 Å². The Balaban J connectivity index is 1.86. The van der Waals surface area contributed by atoms with Crippen LogP contribution in [0.3, 0.4) is 0 Å². The predicted molar refractivity (Wildman–Crippen MR) is 93.9 cm³/mol. The van der Waals surface area contributed by atoms with Gasteiger partial charge >= 0.3 is 12.3 Å². The maximum Gasteiger partial charge on any atom is 0.418 e. The summed E-state index contributed by atoms with van der Waals surface area (Å²) in [4.78, 5) is 28.8. The molecule has 9 heteroatoms. The van der Waals surface area contributed by atoms with Gasteiger partial charge in [-0.25, -0.2) is 4.79 Å². The molecule has 0 radical (unpaired) electrons. The lowest BCUT2D eigenvalue weighted by molar-refractivity contribution is -0.138. The molecule has 0 unspecified atom stereocenters. The molecule has 1 saturated heterocycles. The van der Waals surface area contributed by atoms with Gasteiger partial charge in [-0.1, -0.05) is 30.3 Å². The Labute approximate surface area is 159 Å². The van der Waals surface area contributed by atoms with Crippen molar-refractivity contribution in [3.8, 4) is 0 Å². The van der Waals surface area contributed by atoms with Gasteiger partial charge in [-0.05, 0) is 24.1 Å². The second kappa shape index (κ2) is 7.87. The molecule has 6 nitrogen and oxygen atoms in total. The molecule has 28 heavy (non-hydrogen) atoms. The highest BCUT2D eigenvalue weighted by molar-refractivity contribution is 5.94. The zero-order valence-electron chi connectivity index (χ0n) is 14.7. The lowest BCUT2D eigenvalue weighted by Crippen LogP contribution is -2.51. The highest BCUT2D eigenvalue weighted by atomic mass is 19.4. The number of benzene rings is 1. The molecule has 1 fully saturated rings. The van der Waals surface area contributed by atoms with E-state index in [-0.39, 0.29) is 25.4 Å². The molecule has 1 aromatic carbocycles. The van der Waals surface area contributed by atoms with Crippen LogP contribution in [0.25, 0.3) is 0 Å². The van der Waals surface area contributed by atoms with Crippen molar-refractivity contribution in [2.45, 2.75) is 24.6 Å². The van der Waals surface area contributed by atoms with E-state index in [9.17, 15) is 27.9 Å². The van der Waals surface area contributed by atoms with Crippen LogP contribution in [0.2, 0.25) is 0 Å². The van der Waals surface area contributed by atoms with Crippen molar-refractivity contribution in [1.29, 1.82) is 0 Å². The molecule has 0 spiro atoms. The maximum absolute atomic E-state index is 13.2. The minimum absolute atomic E-state index is 0.138. The average Bonchev–Trinajstić information content (AvgIpc) is 2.68. The average molecular weight is 393 g/mol. The van der Waals surface area contributed by atoms with E-state index in [1.54, 1.807) is 30.3 Å². The molecule has 0 saturated carbocycles. The number of carbonyl (C=O) groups excluding carboxylic acids is 1. The van der Waals surface area contributed by atoms with Crippen molar-refractivity contribution >= 4 is 12.0 Å². The number of carbonyl (C=O) groups is 2. The fourth-order valence-corrected chi connectivity index (χ4v) is 3.39. The second-order valence-electron chi connectivity index (χ2n) is 6.51. The van der Waals surface area contributed by atoms with Gasteiger partial charge in [-0.15, -0.1) is 0 Å². The van der Waals surface area contributed by atoms with Crippen LogP contribution in [0.15, 0.2) is 48.7 Å². The number of alkyl halides is 3. The van der Waals surface area contributed by atoms with Gasteiger partial charge in [0.2, 0.25) is 0 Å². The highest BCUT2D eigenvalue weighted by Crippen LogP contribution is 2.32. The fourth-order valence-electron chi connectivity index (χ4n) is 3.39. The number of pyridine rings is 1. The number of hydrogen-bond acceptors (Lipinski definition) is 3. The van der Waals surface area contributed by atoms with Gasteiger partial charge in [0.15, 0.2) is 0 Å². The summed E-state index contributed by atoms with van der Waals surface area (Å²) in [6.07, 6.45) is -4.36. The molecule has 2 aromatic rings. The molecular formula is C19H18F3N3O3. The minimum atomic E-state index is -4.70. The van der Waals surface area contributed by atoms with Gasteiger partial charge < -0.3 is 15.3 Å². The van der Waals surface area contributed by atoms with E-state index in [1.165, 1.54) is 4.90 Å². The third-order valence-electron chi connectivity index (χ3n) is 4.76. The van der Waals surface area contributed by atoms with Gasteiger partial charge in [0.1, 0.15) is 5.69 Å². The summed E-state index contributed by atoms with van der Waals surface area (Å²) < 4.78 is 39.5. The van der Waals surface area contributed by atoms with Crippen molar-refractivity contribution in [3.63, 3.8) is 0 Å². The predicted octanol–water partition coefficient (Wildman–Crippen LogP) is 3.37. The lowest BCUT2D eigenvalue weighted by atomic mass is 9.86. The third-order valence-corrected chi connectivity index (χ3v) is 4.76. The zero-order valence-corrected chi connectivity index (χ0v) is 14.7. The molecule has 2 amide bonds. The Morgan fingerprint density at radius 3 is 2.50 bits per heavy atom. The number of likely N-dealkylation sites (tertiary alicyclic amines) is 1. The van der Waals surface area contributed by atoms with Crippen molar-refractivity contribution in [2.24, 2.45) is 0 Å². The van der Waals surface area contributed by atoms with E-state index in [2.05, 4.69) is 10.3 Å². The van der Waals surface area contributed by atoms with Gasteiger partial charge in [-0.3, -0.25) is 9.78 Å². The Kier molecular flexibility index (Phi) is 5.53. The lowest BCUT2D eigenvalue weighted by Gasteiger charge is -2.38. The van der Waals surface area contributed by atoms with Crippen LogP contribution in [0, 0.1) is 0 Å². The number of halogens is 3. The Morgan fingerprint density at radius 2 is 1.86 bits per heavy atom. The van der Waals surface area contributed by atoms with Gasteiger partial charge in [0, 0.05) is 31.2 Å². The number of hydrogen-bond donors (Lipinski definition) is 2. The first kappa shape index (κ1) is 19.7. The van der Waals surface area contributed by atoms with E-state index < -0.39 is 35.5 Å². The largest absolute Gasteiger partial charge is 0.465 e. The van der Waals surface area contributed by atoms with Crippen LogP contribution in [-0.2, 0) is 6.18 Å². The van der Waals surface area contributed by atoms with Gasteiger partial charge in [0.05, 0.1) is 5.56 Å². The van der Waals surface area contributed by atoms with Crippen LogP contribution >= 0.6 is 0 Å².